The molecule has 0 unspecified atom stereocenters. The molecule has 1 aliphatic rings. The molecule has 0 bridgehead atoms. The molecule has 9 rings (SSSR count). The fourth-order valence-corrected chi connectivity index (χ4v) is 7.01. The Balaban J connectivity index is 1.56. The van der Waals surface area contributed by atoms with Gasteiger partial charge < -0.3 is 4.57 Å². The largest absolute Gasteiger partial charge is 0.307 e. The molecule has 0 aliphatic heterocycles. The zero-order valence-electron chi connectivity index (χ0n) is 25.9. The SMILES string of the molecule is C=C/C=C(\C=C)n1c2ccccc2c2c3ccccc3c3c4ccccc4n(-c4nc(C5=C=C=CC=C5)nc(-c5ccccc5)n4)c3c21. The van der Waals surface area contributed by atoms with Gasteiger partial charge in [0.15, 0.2) is 11.6 Å². The molecule has 224 valence electrons. The number of nitrogens with zero attached hydrogens (tertiary/aromatic N) is 5. The zero-order chi connectivity index (χ0) is 32.2. The monoisotopic (exact) mass is 613 g/mol. The maximum atomic E-state index is 5.20. The van der Waals surface area contributed by atoms with Crippen molar-refractivity contribution in [3.63, 3.8) is 0 Å². The fraction of sp³-hybridized carbons (Fsp3) is 0. The first kappa shape index (κ1) is 27.5. The van der Waals surface area contributed by atoms with Crippen LogP contribution in [0.3, 0.4) is 0 Å². The Labute approximate surface area is 276 Å². The number of benzene rings is 5. The Morgan fingerprint density at radius 3 is 1.96 bits per heavy atom. The third kappa shape index (κ3) is 4.03. The van der Waals surface area contributed by atoms with E-state index in [2.05, 4.69) is 107 Å². The molecule has 5 heteroatoms. The summed E-state index contributed by atoms with van der Waals surface area (Å²) in [7, 11) is 0. The molecule has 5 aromatic carbocycles. The summed E-state index contributed by atoms with van der Waals surface area (Å²) in [6.07, 6.45) is 11.4. The molecule has 8 aromatic rings. The van der Waals surface area contributed by atoms with Crippen molar-refractivity contribution in [3.05, 3.63) is 170 Å². The highest BCUT2D eigenvalue weighted by molar-refractivity contribution is 6.36. The van der Waals surface area contributed by atoms with Crippen molar-refractivity contribution in [1.82, 2.24) is 24.1 Å². The van der Waals surface area contributed by atoms with Crippen LogP contribution in [-0.2, 0) is 0 Å². The molecule has 0 radical (unpaired) electrons. The van der Waals surface area contributed by atoms with Crippen LogP contribution in [0.25, 0.3) is 83.0 Å². The topological polar surface area (TPSA) is 48.5 Å². The average molecular weight is 614 g/mol. The molecule has 0 saturated carbocycles. The lowest BCUT2D eigenvalue weighted by Crippen LogP contribution is -2.08. The van der Waals surface area contributed by atoms with E-state index in [0.29, 0.717) is 17.6 Å². The second-order valence-electron chi connectivity index (χ2n) is 11.6. The maximum Gasteiger partial charge on any atom is 0.238 e. The number of hydrogen-bond donors (Lipinski definition) is 0. The summed E-state index contributed by atoms with van der Waals surface area (Å²) in [6, 6.07) is 35.8. The van der Waals surface area contributed by atoms with E-state index in [0.717, 1.165) is 65.8 Å². The summed E-state index contributed by atoms with van der Waals surface area (Å²) < 4.78 is 4.50. The maximum absolute atomic E-state index is 5.20. The van der Waals surface area contributed by atoms with Crippen LogP contribution in [-0.4, -0.2) is 24.1 Å². The van der Waals surface area contributed by atoms with Gasteiger partial charge in [-0.2, -0.15) is 9.97 Å². The highest BCUT2D eigenvalue weighted by Gasteiger charge is 2.26. The van der Waals surface area contributed by atoms with Gasteiger partial charge in [-0.25, -0.2) is 4.98 Å². The smallest absolute Gasteiger partial charge is 0.238 e. The number of allylic oxidation sites excluding steroid dienone is 8. The van der Waals surface area contributed by atoms with Gasteiger partial charge in [0.2, 0.25) is 5.95 Å². The Kier molecular flexibility index (Phi) is 6.28. The van der Waals surface area contributed by atoms with Crippen LogP contribution in [0.2, 0.25) is 0 Å². The number of para-hydroxylation sites is 2. The molecule has 48 heavy (non-hydrogen) atoms. The van der Waals surface area contributed by atoms with E-state index in [9.17, 15) is 0 Å². The highest BCUT2D eigenvalue weighted by atomic mass is 15.2. The third-order valence-corrected chi connectivity index (χ3v) is 8.94. The summed E-state index contributed by atoms with van der Waals surface area (Å²) in [5, 5.41) is 6.87. The summed E-state index contributed by atoms with van der Waals surface area (Å²) in [6.45, 7) is 8.25. The molecular formula is C43H27N5. The van der Waals surface area contributed by atoms with Crippen molar-refractivity contribution >= 4 is 65.7 Å². The molecule has 5 nitrogen and oxygen atoms in total. The van der Waals surface area contributed by atoms with Gasteiger partial charge in [0.25, 0.3) is 0 Å². The summed E-state index contributed by atoms with van der Waals surface area (Å²) >= 11 is 0. The van der Waals surface area contributed by atoms with Crippen molar-refractivity contribution in [2.24, 2.45) is 0 Å². The molecular weight excluding hydrogens is 587 g/mol. The quantitative estimate of drug-likeness (QED) is 0.138. The van der Waals surface area contributed by atoms with Crippen LogP contribution in [0.4, 0.5) is 0 Å². The lowest BCUT2D eigenvalue weighted by Gasteiger charge is -2.14. The average Bonchev–Trinajstić information content (AvgIpc) is 3.68. The second-order valence-corrected chi connectivity index (χ2v) is 11.6. The van der Waals surface area contributed by atoms with Gasteiger partial charge in [0, 0.05) is 32.8 Å². The van der Waals surface area contributed by atoms with Crippen molar-refractivity contribution in [2.75, 3.05) is 0 Å². The first-order valence-corrected chi connectivity index (χ1v) is 15.8. The zero-order valence-corrected chi connectivity index (χ0v) is 25.9. The molecule has 0 N–H and O–H groups in total. The van der Waals surface area contributed by atoms with E-state index in [4.69, 9.17) is 15.0 Å². The van der Waals surface area contributed by atoms with Gasteiger partial charge >= 0.3 is 0 Å². The predicted molar refractivity (Wildman–Crippen MR) is 199 cm³/mol. The van der Waals surface area contributed by atoms with Crippen molar-refractivity contribution < 1.29 is 0 Å². The summed E-state index contributed by atoms with van der Waals surface area (Å²) in [5.74, 6) is 1.62. The van der Waals surface area contributed by atoms with Crippen LogP contribution in [0.15, 0.2) is 164 Å². The summed E-state index contributed by atoms with van der Waals surface area (Å²) in [4.78, 5) is 15.3. The van der Waals surface area contributed by atoms with Crippen LogP contribution in [0, 0.1) is 0 Å². The first-order chi connectivity index (χ1) is 23.8. The van der Waals surface area contributed by atoms with Gasteiger partial charge in [0.05, 0.1) is 27.6 Å². The minimum Gasteiger partial charge on any atom is -0.307 e. The highest BCUT2D eigenvalue weighted by Crippen LogP contribution is 2.46. The van der Waals surface area contributed by atoms with Gasteiger partial charge in [0.1, 0.15) is 0 Å². The first-order valence-electron chi connectivity index (χ1n) is 15.8. The van der Waals surface area contributed by atoms with E-state index in [1.54, 1.807) is 0 Å². The minimum atomic E-state index is 0.517. The van der Waals surface area contributed by atoms with Crippen LogP contribution in [0.5, 0.6) is 0 Å². The predicted octanol–water partition coefficient (Wildman–Crippen LogP) is 10.4. The lowest BCUT2D eigenvalue weighted by atomic mass is 9.98. The van der Waals surface area contributed by atoms with E-state index in [1.807, 2.05) is 66.8 Å². The molecule has 1 aliphatic carbocycles. The number of hydrogen-bond acceptors (Lipinski definition) is 3. The van der Waals surface area contributed by atoms with Crippen molar-refractivity contribution in [2.45, 2.75) is 0 Å². The lowest BCUT2D eigenvalue weighted by molar-refractivity contribution is 0.933. The molecule has 3 heterocycles. The van der Waals surface area contributed by atoms with E-state index in [-0.39, 0.29) is 0 Å². The van der Waals surface area contributed by atoms with Gasteiger partial charge in [-0.3, -0.25) is 4.57 Å². The van der Waals surface area contributed by atoms with E-state index >= 15 is 0 Å². The van der Waals surface area contributed by atoms with Gasteiger partial charge in [-0.1, -0.05) is 128 Å². The normalized spacial score (nSPS) is 12.9. The van der Waals surface area contributed by atoms with E-state index < -0.39 is 0 Å². The Morgan fingerprint density at radius 1 is 0.646 bits per heavy atom. The molecule has 0 fully saturated rings. The molecule has 0 saturated heterocycles. The third-order valence-electron chi connectivity index (χ3n) is 8.94. The van der Waals surface area contributed by atoms with Crippen LogP contribution in [0.1, 0.15) is 5.82 Å². The van der Waals surface area contributed by atoms with Gasteiger partial charge in [-0.05, 0) is 47.2 Å². The second kappa shape index (κ2) is 10.9. The molecule has 0 atom stereocenters. The Bertz CT molecular complexity index is 2830. The van der Waals surface area contributed by atoms with E-state index in [1.165, 1.54) is 5.39 Å². The van der Waals surface area contributed by atoms with Crippen molar-refractivity contribution in [3.8, 4) is 17.3 Å². The number of fused-ring (bicyclic) bond motifs is 10. The standard InChI is InChI=1S/C43H27N5/c1-3-17-30(4-2)47-35-26-15-13-24-33(35)37-31-22-11-12-23-32(31)38-34-25-14-16-27-36(34)48(40(38)39(37)47)43-45-41(28-18-7-5-8-19-28)44-42(46-43)29-20-9-6-10-21-29/h3-9,11-20,22-27H,1-2H2/b30-17+. The number of rotatable bonds is 6. The van der Waals surface area contributed by atoms with Gasteiger partial charge in [-0.15, -0.1) is 0 Å². The minimum absolute atomic E-state index is 0.517. The van der Waals surface area contributed by atoms with Crippen LogP contribution < -0.4 is 0 Å². The molecule has 0 spiro atoms. The number of aromatic nitrogens is 5. The molecule has 0 amide bonds. The summed E-state index contributed by atoms with van der Waals surface area (Å²) in [5.41, 5.74) is 12.9. The Hall–Kier alpha value is -6.77. The Morgan fingerprint density at radius 2 is 1.27 bits per heavy atom. The van der Waals surface area contributed by atoms with Crippen molar-refractivity contribution in [1.29, 1.82) is 0 Å². The fourth-order valence-electron chi connectivity index (χ4n) is 7.01. The van der Waals surface area contributed by atoms with Crippen LogP contribution >= 0.6 is 0 Å². The molecule has 3 aromatic heterocycles.